The van der Waals surface area contributed by atoms with E-state index < -0.39 is 0 Å². The van der Waals surface area contributed by atoms with Gasteiger partial charge in [0.2, 0.25) is 0 Å². The summed E-state index contributed by atoms with van der Waals surface area (Å²) < 4.78 is 0. The molecule has 0 saturated carbocycles. The molecule has 2 heteroatoms. The smallest absolute Gasteiger partial charge is 0.164 e. The van der Waals surface area contributed by atoms with Crippen molar-refractivity contribution in [3.63, 3.8) is 0 Å². The third-order valence-corrected chi connectivity index (χ3v) is 3.81. The summed E-state index contributed by atoms with van der Waals surface area (Å²) in [6, 6.07) is 12.1. The van der Waals surface area contributed by atoms with Gasteiger partial charge in [-0.05, 0) is 35.6 Å². The van der Waals surface area contributed by atoms with Gasteiger partial charge in [-0.3, -0.25) is 4.79 Å². The van der Waals surface area contributed by atoms with Crippen LogP contribution in [0.5, 0.6) is 0 Å². The van der Waals surface area contributed by atoms with Crippen molar-refractivity contribution >= 4 is 28.8 Å². The van der Waals surface area contributed by atoms with Gasteiger partial charge in [-0.1, -0.05) is 37.3 Å². The van der Waals surface area contributed by atoms with Gasteiger partial charge in [-0.2, -0.15) is 0 Å². The maximum Gasteiger partial charge on any atom is 0.164 e. The first-order valence-corrected chi connectivity index (χ1v) is 6.94. The lowest BCUT2D eigenvalue weighted by Gasteiger charge is -2.03. The molecule has 0 amide bonds. The summed E-state index contributed by atoms with van der Waals surface area (Å²) in [5.41, 5.74) is 3.10. The van der Waals surface area contributed by atoms with Gasteiger partial charge < -0.3 is 0 Å². The van der Waals surface area contributed by atoms with E-state index in [0.29, 0.717) is 6.42 Å². The fraction of sp³-hybridized carbons (Fsp3) is 0.188. The lowest BCUT2D eigenvalue weighted by atomic mass is 10.0. The number of carbonyl (C=O) groups excluding carboxylic acids is 1. The third kappa shape index (κ3) is 2.96. The molecular formula is C16H16OS. The Bertz CT molecular complexity index is 564. The standard InChI is InChI=1S/C16H16OS/c1-3-15(17)14(16-9-12(2)11-18-16)10-13-7-5-4-6-8-13/h4-11H,3H2,1-2H3. The molecule has 0 aliphatic rings. The van der Waals surface area contributed by atoms with Crippen LogP contribution in [-0.4, -0.2) is 5.78 Å². The van der Waals surface area contributed by atoms with Crippen molar-refractivity contribution in [2.45, 2.75) is 20.3 Å². The molecule has 0 unspecified atom stereocenters. The van der Waals surface area contributed by atoms with Gasteiger partial charge in [0.25, 0.3) is 0 Å². The van der Waals surface area contributed by atoms with E-state index >= 15 is 0 Å². The number of benzene rings is 1. The molecule has 2 aromatic rings. The van der Waals surface area contributed by atoms with Gasteiger partial charge in [0.05, 0.1) is 0 Å². The zero-order valence-corrected chi connectivity index (χ0v) is 11.5. The van der Waals surface area contributed by atoms with Crippen LogP contribution in [0, 0.1) is 6.92 Å². The van der Waals surface area contributed by atoms with Crippen LogP contribution >= 0.6 is 11.3 Å². The van der Waals surface area contributed by atoms with E-state index in [1.54, 1.807) is 11.3 Å². The molecule has 1 nitrogen and oxygen atoms in total. The van der Waals surface area contributed by atoms with Crippen molar-refractivity contribution in [1.29, 1.82) is 0 Å². The summed E-state index contributed by atoms with van der Waals surface area (Å²) in [5, 5.41) is 2.08. The van der Waals surface area contributed by atoms with Crippen LogP contribution in [-0.2, 0) is 4.79 Å². The molecule has 92 valence electrons. The Labute approximate surface area is 112 Å². The SMILES string of the molecule is CCC(=O)C(=Cc1ccccc1)c1cc(C)cs1. The van der Waals surface area contributed by atoms with E-state index in [2.05, 4.69) is 18.4 Å². The highest BCUT2D eigenvalue weighted by molar-refractivity contribution is 7.11. The van der Waals surface area contributed by atoms with E-state index in [1.807, 2.05) is 43.3 Å². The van der Waals surface area contributed by atoms with Gasteiger partial charge >= 0.3 is 0 Å². The number of rotatable bonds is 4. The normalized spacial score (nSPS) is 11.6. The molecule has 2 rings (SSSR count). The molecule has 18 heavy (non-hydrogen) atoms. The fourth-order valence-electron chi connectivity index (χ4n) is 1.77. The molecule has 0 atom stereocenters. The number of aryl methyl sites for hydroxylation is 1. The summed E-state index contributed by atoms with van der Waals surface area (Å²) in [7, 11) is 0. The molecule has 0 radical (unpaired) electrons. The topological polar surface area (TPSA) is 17.1 Å². The van der Waals surface area contributed by atoms with Gasteiger partial charge in [-0.15, -0.1) is 11.3 Å². The third-order valence-electron chi connectivity index (χ3n) is 2.73. The summed E-state index contributed by atoms with van der Waals surface area (Å²) in [4.78, 5) is 13.1. The Morgan fingerprint density at radius 1 is 1.28 bits per heavy atom. The number of allylic oxidation sites excluding steroid dienone is 1. The molecule has 0 fully saturated rings. The molecule has 0 N–H and O–H groups in total. The fourth-order valence-corrected chi connectivity index (χ4v) is 2.70. The lowest BCUT2D eigenvalue weighted by molar-refractivity contribution is -0.113. The molecule has 1 aromatic carbocycles. The van der Waals surface area contributed by atoms with Crippen LogP contribution in [0.1, 0.15) is 29.3 Å². The number of carbonyl (C=O) groups is 1. The number of thiophene rings is 1. The second-order valence-electron chi connectivity index (χ2n) is 4.23. The monoisotopic (exact) mass is 256 g/mol. The van der Waals surface area contributed by atoms with Gasteiger partial charge in [0.1, 0.15) is 0 Å². The van der Waals surface area contributed by atoms with Crippen molar-refractivity contribution in [1.82, 2.24) is 0 Å². The number of ketones is 1. The van der Waals surface area contributed by atoms with Crippen molar-refractivity contribution in [3.8, 4) is 0 Å². The highest BCUT2D eigenvalue weighted by Crippen LogP contribution is 2.26. The second kappa shape index (κ2) is 5.78. The molecule has 1 heterocycles. The Kier molecular flexibility index (Phi) is 4.11. The number of Topliss-reactive ketones (excluding diaryl/α,β-unsaturated/α-hetero) is 1. The van der Waals surface area contributed by atoms with Gasteiger partial charge in [-0.25, -0.2) is 0 Å². The van der Waals surface area contributed by atoms with Crippen LogP contribution < -0.4 is 0 Å². The van der Waals surface area contributed by atoms with Crippen LogP contribution in [0.25, 0.3) is 11.6 Å². The Hall–Kier alpha value is -1.67. The van der Waals surface area contributed by atoms with Crippen LogP contribution in [0.2, 0.25) is 0 Å². The van der Waals surface area contributed by atoms with Gasteiger partial charge in [0, 0.05) is 16.9 Å². The zero-order valence-electron chi connectivity index (χ0n) is 10.6. The van der Waals surface area contributed by atoms with Crippen molar-refractivity contribution in [2.24, 2.45) is 0 Å². The van der Waals surface area contributed by atoms with E-state index in [9.17, 15) is 4.79 Å². The minimum absolute atomic E-state index is 0.195. The van der Waals surface area contributed by atoms with Crippen molar-refractivity contribution in [2.75, 3.05) is 0 Å². The molecule has 0 saturated heterocycles. The van der Waals surface area contributed by atoms with Crippen molar-refractivity contribution in [3.05, 3.63) is 57.8 Å². The van der Waals surface area contributed by atoms with Crippen LogP contribution in [0.3, 0.4) is 0 Å². The highest BCUT2D eigenvalue weighted by atomic mass is 32.1. The van der Waals surface area contributed by atoms with E-state index in [0.717, 1.165) is 16.0 Å². The first-order valence-electron chi connectivity index (χ1n) is 6.06. The Morgan fingerprint density at radius 3 is 2.56 bits per heavy atom. The number of hydrogen-bond donors (Lipinski definition) is 0. The first-order chi connectivity index (χ1) is 8.70. The average Bonchev–Trinajstić information content (AvgIpc) is 2.83. The van der Waals surface area contributed by atoms with E-state index in [4.69, 9.17) is 0 Å². The largest absolute Gasteiger partial charge is 0.294 e. The molecule has 0 bridgehead atoms. The predicted octanol–water partition coefficient (Wildman–Crippen LogP) is 4.58. The molecule has 1 aromatic heterocycles. The van der Waals surface area contributed by atoms with Crippen LogP contribution in [0.4, 0.5) is 0 Å². The quantitative estimate of drug-likeness (QED) is 0.732. The first kappa shape index (κ1) is 12.8. The minimum Gasteiger partial charge on any atom is -0.294 e. The Morgan fingerprint density at radius 2 is 2.00 bits per heavy atom. The molecule has 0 aliphatic heterocycles. The summed E-state index contributed by atoms with van der Waals surface area (Å²) in [6.07, 6.45) is 2.52. The van der Waals surface area contributed by atoms with Crippen molar-refractivity contribution < 1.29 is 4.79 Å². The summed E-state index contributed by atoms with van der Waals surface area (Å²) >= 11 is 1.63. The molecule has 0 aliphatic carbocycles. The summed E-state index contributed by atoms with van der Waals surface area (Å²) in [5.74, 6) is 0.195. The average molecular weight is 256 g/mol. The maximum atomic E-state index is 12.1. The second-order valence-corrected chi connectivity index (χ2v) is 5.14. The van der Waals surface area contributed by atoms with E-state index in [-0.39, 0.29) is 5.78 Å². The lowest BCUT2D eigenvalue weighted by Crippen LogP contribution is -1.98. The minimum atomic E-state index is 0.195. The highest BCUT2D eigenvalue weighted by Gasteiger charge is 2.11. The predicted molar refractivity (Wildman–Crippen MR) is 78.7 cm³/mol. The Balaban J connectivity index is 2.43. The maximum absolute atomic E-state index is 12.1. The van der Waals surface area contributed by atoms with Gasteiger partial charge in [0.15, 0.2) is 5.78 Å². The number of hydrogen-bond acceptors (Lipinski definition) is 2. The molecular weight excluding hydrogens is 240 g/mol. The van der Waals surface area contributed by atoms with Crippen LogP contribution in [0.15, 0.2) is 41.8 Å². The molecule has 0 spiro atoms. The summed E-state index contributed by atoms with van der Waals surface area (Å²) in [6.45, 7) is 3.96. The van der Waals surface area contributed by atoms with E-state index in [1.165, 1.54) is 5.56 Å². The zero-order chi connectivity index (χ0) is 13.0.